The second kappa shape index (κ2) is 11.3. The van der Waals surface area contributed by atoms with Crippen molar-refractivity contribution in [1.82, 2.24) is 25.2 Å². The number of carbonyl (C=O) groups is 2. The molecule has 3 aromatic rings. The number of rotatable bonds is 11. The fraction of sp³-hybridized carbons (Fsp3) is 0.364. The molecule has 0 fully saturated rings. The Morgan fingerprint density at radius 3 is 2.62 bits per heavy atom. The number of aromatic nitrogens is 5. The Bertz CT molecular complexity index is 1120. The van der Waals surface area contributed by atoms with E-state index in [1.165, 1.54) is 12.1 Å². The molecule has 0 saturated heterocycles. The number of alkyl halides is 3. The lowest BCUT2D eigenvalue weighted by molar-refractivity contribution is -0.274. The number of nitrogens with one attached hydrogen (secondary N) is 1. The number of benzene rings is 1. The third-order valence-electron chi connectivity index (χ3n) is 4.70. The zero-order chi connectivity index (χ0) is 24.6. The molecule has 34 heavy (non-hydrogen) atoms. The summed E-state index contributed by atoms with van der Waals surface area (Å²) in [6.45, 7) is 2.40. The predicted octanol–water partition coefficient (Wildman–Crippen LogP) is 3.76. The largest absolute Gasteiger partial charge is 0.573 e. The van der Waals surface area contributed by atoms with E-state index in [1.54, 1.807) is 29.9 Å². The van der Waals surface area contributed by atoms with Gasteiger partial charge >= 0.3 is 6.36 Å². The van der Waals surface area contributed by atoms with Crippen molar-refractivity contribution < 1.29 is 27.5 Å². The van der Waals surface area contributed by atoms with Crippen LogP contribution in [0.15, 0.2) is 42.6 Å². The maximum atomic E-state index is 12.3. The molecule has 9 nitrogen and oxygen atoms in total. The molecule has 1 amide bonds. The molecule has 3 rings (SSSR count). The highest BCUT2D eigenvalue weighted by molar-refractivity contribution is 5.93. The van der Waals surface area contributed by atoms with E-state index in [2.05, 4.69) is 30.6 Å². The number of ketones is 1. The third kappa shape index (κ3) is 7.94. The summed E-state index contributed by atoms with van der Waals surface area (Å²) in [4.78, 5) is 23.8. The lowest BCUT2D eigenvalue weighted by Gasteiger charge is -2.10. The van der Waals surface area contributed by atoms with Crippen LogP contribution in [0.25, 0.3) is 0 Å². The zero-order valence-corrected chi connectivity index (χ0v) is 18.4. The molecule has 2 heterocycles. The number of amides is 1. The van der Waals surface area contributed by atoms with Gasteiger partial charge in [-0.3, -0.25) is 14.3 Å². The fourth-order valence-corrected chi connectivity index (χ4v) is 3.08. The number of carbonyl (C=O) groups excluding carboxylic acids is 2. The highest BCUT2D eigenvalue weighted by Gasteiger charge is 2.31. The van der Waals surface area contributed by atoms with Gasteiger partial charge in [-0.2, -0.15) is 5.10 Å². The maximum absolute atomic E-state index is 12.3. The number of unbranched alkanes of at least 4 members (excludes halogenated alkanes) is 1. The smallest absolute Gasteiger partial charge is 0.406 e. The highest BCUT2D eigenvalue weighted by atomic mass is 19.4. The Morgan fingerprint density at radius 1 is 1.09 bits per heavy atom. The monoisotopic (exact) mass is 476 g/mol. The van der Waals surface area contributed by atoms with E-state index < -0.39 is 12.3 Å². The van der Waals surface area contributed by atoms with Crippen molar-refractivity contribution in [3.05, 3.63) is 59.5 Å². The van der Waals surface area contributed by atoms with Crippen LogP contribution < -0.4 is 10.1 Å². The van der Waals surface area contributed by atoms with Gasteiger partial charge in [0.1, 0.15) is 11.4 Å². The first-order chi connectivity index (χ1) is 16.2. The van der Waals surface area contributed by atoms with Crippen molar-refractivity contribution in [2.45, 2.75) is 51.9 Å². The Hall–Kier alpha value is -3.83. The number of nitrogens with zero attached hydrogens (tertiary/aromatic N) is 5. The van der Waals surface area contributed by atoms with E-state index in [1.807, 2.05) is 0 Å². The van der Waals surface area contributed by atoms with Gasteiger partial charge in [-0.25, -0.2) is 0 Å². The summed E-state index contributed by atoms with van der Waals surface area (Å²) in [6, 6.07) is 8.58. The Balaban J connectivity index is 1.42. The van der Waals surface area contributed by atoms with Crippen LogP contribution in [0, 0.1) is 0 Å². The second-order valence-corrected chi connectivity index (χ2v) is 7.43. The number of hydrogen-bond donors (Lipinski definition) is 1. The van der Waals surface area contributed by atoms with E-state index in [9.17, 15) is 22.8 Å². The van der Waals surface area contributed by atoms with Crippen molar-refractivity contribution in [3.8, 4) is 5.75 Å². The van der Waals surface area contributed by atoms with Gasteiger partial charge < -0.3 is 10.1 Å². The predicted molar refractivity (Wildman–Crippen MR) is 115 cm³/mol. The van der Waals surface area contributed by atoms with E-state index in [0.717, 1.165) is 30.7 Å². The SMILES string of the molecule is CCC(=O)c1cn(CCCCc2ccc(NC(=O)Cc3cccc(OC(F)(F)F)c3)nn2)nn1. The number of aryl methyl sites for hydroxylation is 2. The molecular formula is C22H23F3N6O3. The molecule has 0 saturated carbocycles. The van der Waals surface area contributed by atoms with Crippen molar-refractivity contribution in [1.29, 1.82) is 0 Å². The van der Waals surface area contributed by atoms with Crippen LogP contribution in [-0.4, -0.2) is 43.2 Å². The highest BCUT2D eigenvalue weighted by Crippen LogP contribution is 2.23. The molecule has 180 valence electrons. The minimum absolute atomic E-state index is 0.0438. The van der Waals surface area contributed by atoms with E-state index >= 15 is 0 Å². The summed E-state index contributed by atoms with van der Waals surface area (Å²) < 4.78 is 42.5. The van der Waals surface area contributed by atoms with Gasteiger partial charge in [0.05, 0.1) is 18.3 Å². The number of hydrogen-bond acceptors (Lipinski definition) is 7. The topological polar surface area (TPSA) is 112 Å². The lowest BCUT2D eigenvalue weighted by Crippen LogP contribution is -2.18. The van der Waals surface area contributed by atoms with Crippen molar-refractivity contribution in [3.63, 3.8) is 0 Å². The van der Waals surface area contributed by atoms with Crippen LogP contribution in [0.3, 0.4) is 0 Å². The third-order valence-corrected chi connectivity index (χ3v) is 4.70. The summed E-state index contributed by atoms with van der Waals surface area (Å²) in [7, 11) is 0. The van der Waals surface area contributed by atoms with Gasteiger partial charge in [0.2, 0.25) is 5.91 Å². The van der Waals surface area contributed by atoms with E-state index in [0.29, 0.717) is 30.6 Å². The molecular weight excluding hydrogens is 453 g/mol. The van der Waals surface area contributed by atoms with Crippen LogP contribution >= 0.6 is 0 Å². The molecule has 0 radical (unpaired) electrons. The normalized spacial score (nSPS) is 11.3. The summed E-state index contributed by atoms with van der Waals surface area (Å²) in [5.74, 6) is -0.634. The number of halogens is 3. The minimum Gasteiger partial charge on any atom is -0.406 e. The molecule has 0 spiro atoms. The molecule has 2 aromatic heterocycles. The average molecular weight is 476 g/mol. The summed E-state index contributed by atoms with van der Waals surface area (Å²) in [5.41, 5.74) is 1.48. The van der Waals surface area contributed by atoms with Gasteiger partial charge in [0.15, 0.2) is 11.6 Å². The minimum atomic E-state index is -4.80. The molecule has 0 bridgehead atoms. The Kier molecular flexibility index (Phi) is 8.28. The Labute approximate surface area is 193 Å². The number of anilines is 1. The molecule has 0 aliphatic heterocycles. The van der Waals surface area contributed by atoms with Crippen LogP contribution in [0.1, 0.15) is 47.9 Å². The lowest BCUT2D eigenvalue weighted by atomic mass is 10.1. The van der Waals surface area contributed by atoms with Crippen LogP contribution in [0.5, 0.6) is 5.75 Å². The van der Waals surface area contributed by atoms with Crippen LogP contribution in [0.4, 0.5) is 19.0 Å². The zero-order valence-electron chi connectivity index (χ0n) is 18.4. The molecule has 0 aliphatic rings. The summed E-state index contributed by atoms with van der Waals surface area (Å²) >= 11 is 0. The first kappa shape index (κ1) is 24.8. The van der Waals surface area contributed by atoms with Gasteiger partial charge in [-0.05, 0) is 49.1 Å². The maximum Gasteiger partial charge on any atom is 0.573 e. The van der Waals surface area contributed by atoms with Crippen molar-refractivity contribution in [2.24, 2.45) is 0 Å². The molecule has 0 unspecified atom stereocenters. The van der Waals surface area contributed by atoms with Crippen molar-refractivity contribution in [2.75, 3.05) is 5.32 Å². The average Bonchev–Trinajstić information content (AvgIpc) is 3.25. The van der Waals surface area contributed by atoms with Gasteiger partial charge in [0.25, 0.3) is 0 Å². The van der Waals surface area contributed by atoms with E-state index in [-0.39, 0.29) is 23.8 Å². The quantitative estimate of drug-likeness (QED) is 0.331. The number of ether oxygens (including phenoxy) is 1. The fourth-order valence-electron chi connectivity index (χ4n) is 3.08. The number of Topliss-reactive ketones (excluding diaryl/α,β-unsaturated/α-hetero) is 1. The van der Waals surface area contributed by atoms with Crippen LogP contribution in [0.2, 0.25) is 0 Å². The molecule has 1 N–H and O–H groups in total. The second-order valence-electron chi connectivity index (χ2n) is 7.43. The van der Waals surface area contributed by atoms with Crippen LogP contribution in [-0.2, 0) is 24.2 Å². The van der Waals surface area contributed by atoms with Crippen molar-refractivity contribution >= 4 is 17.5 Å². The van der Waals surface area contributed by atoms with Gasteiger partial charge in [-0.15, -0.1) is 23.4 Å². The molecule has 0 aliphatic carbocycles. The van der Waals surface area contributed by atoms with Gasteiger partial charge in [-0.1, -0.05) is 24.3 Å². The standard InChI is InChI=1S/C22H23F3N6O3/c1-2-19(32)18-14-31(30-28-18)11-4-3-7-16-9-10-20(29-27-16)26-21(33)13-15-6-5-8-17(12-15)34-22(23,24)25/h5-6,8-10,12,14H,2-4,7,11,13H2,1H3,(H,26,29,33). The molecule has 0 atom stereocenters. The first-order valence-corrected chi connectivity index (χ1v) is 10.6. The molecule has 1 aromatic carbocycles. The Morgan fingerprint density at radius 2 is 1.91 bits per heavy atom. The summed E-state index contributed by atoms with van der Waals surface area (Å²) in [6.07, 6.45) is -0.628. The van der Waals surface area contributed by atoms with E-state index in [4.69, 9.17) is 0 Å². The summed E-state index contributed by atoms with van der Waals surface area (Å²) in [5, 5.41) is 18.4. The molecule has 12 heteroatoms. The first-order valence-electron chi connectivity index (χ1n) is 10.6. The van der Waals surface area contributed by atoms with Gasteiger partial charge in [0, 0.05) is 13.0 Å².